The zero-order chi connectivity index (χ0) is 20.5. The fourth-order valence-corrected chi connectivity index (χ4v) is 5.49. The Morgan fingerprint density at radius 2 is 2.14 bits per heavy atom. The third kappa shape index (κ3) is 2.56. The number of rotatable bonds is 3. The van der Waals surface area contributed by atoms with E-state index in [1.807, 2.05) is 11.6 Å². The van der Waals surface area contributed by atoms with E-state index in [9.17, 15) is 4.79 Å². The molecule has 9 heteroatoms. The van der Waals surface area contributed by atoms with Crippen molar-refractivity contribution in [2.45, 2.75) is 46.6 Å². The van der Waals surface area contributed by atoms with Gasteiger partial charge in [-0.3, -0.25) is 9.89 Å². The summed E-state index contributed by atoms with van der Waals surface area (Å²) < 4.78 is 1.91. The lowest BCUT2D eigenvalue weighted by Gasteiger charge is -2.61. The molecule has 6 rings (SSSR count). The highest BCUT2D eigenvalue weighted by molar-refractivity contribution is 6.12. The molecule has 152 valence electrons. The van der Waals surface area contributed by atoms with E-state index < -0.39 is 0 Å². The topological polar surface area (TPSA) is 127 Å². The molecule has 9 nitrogen and oxygen atoms in total. The number of hydrogen-bond acceptors (Lipinski definition) is 6. The van der Waals surface area contributed by atoms with Crippen molar-refractivity contribution >= 4 is 28.6 Å². The smallest absolute Gasteiger partial charge is 0.278 e. The van der Waals surface area contributed by atoms with E-state index in [0.29, 0.717) is 40.0 Å². The number of aromatic nitrogens is 6. The number of nitrogen functional groups attached to an aromatic ring is 1. The third-order valence-corrected chi connectivity index (χ3v) is 7.31. The summed E-state index contributed by atoms with van der Waals surface area (Å²) in [6, 6.07) is 1.95. The number of fused-ring (bicyclic) bond motifs is 3. The fraction of sp³-hybridized carbons (Fsp3) is 0.550. The molecular formula is C20H26N8O. The monoisotopic (exact) mass is 394 g/mol. The second-order valence-electron chi connectivity index (χ2n) is 9.16. The molecule has 3 aliphatic carbocycles. The van der Waals surface area contributed by atoms with Crippen LogP contribution in [0, 0.1) is 30.1 Å². The zero-order valence-corrected chi connectivity index (χ0v) is 17.1. The van der Waals surface area contributed by atoms with Gasteiger partial charge in [0, 0.05) is 11.8 Å². The minimum absolute atomic E-state index is 0.192. The second kappa shape index (κ2) is 6.01. The van der Waals surface area contributed by atoms with Gasteiger partial charge in [0.2, 0.25) is 0 Å². The van der Waals surface area contributed by atoms with E-state index in [4.69, 9.17) is 10.8 Å². The number of carbonyl (C=O) groups is 1. The molecule has 3 aromatic rings. The summed E-state index contributed by atoms with van der Waals surface area (Å²) in [5, 5.41) is 14.9. The van der Waals surface area contributed by atoms with Crippen molar-refractivity contribution in [1.82, 2.24) is 29.9 Å². The number of nitrogens with zero attached hydrogens (tertiary/aromatic N) is 5. The summed E-state index contributed by atoms with van der Waals surface area (Å²) in [6.45, 7) is 8.89. The Labute approximate surface area is 168 Å². The SMILES string of the molecule is Cc1cc(NC(=O)c2nn(C3CC4CC([C@@H]3C)C4(C)C)c3ncnc(N)c23)n[nH]1. The molecule has 0 radical (unpaired) electrons. The number of carbonyl (C=O) groups excluding carboxylic acids is 1. The molecule has 0 aliphatic heterocycles. The van der Waals surface area contributed by atoms with Crippen molar-refractivity contribution in [3.05, 3.63) is 23.8 Å². The second-order valence-corrected chi connectivity index (χ2v) is 9.16. The van der Waals surface area contributed by atoms with Crippen molar-refractivity contribution < 1.29 is 4.79 Å². The largest absolute Gasteiger partial charge is 0.383 e. The van der Waals surface area contributed by atoms with Crippen LogP contribution >= 0.6 is 0 Å². The molecule has 3 saturated carbocycles. The van der Waals surface area contributed by atoms with Gasteiger partial charge >= 0.3 is 0 Å². The van der Waals surface area contributed by atoms with Gasteiger partial charge in [-0.2, -0.15) is 10.2 Å². The number of nitrogens with two attached hydrogens (primary N) is 1. The first-order valence-electron chi connectivity index (χ1n) is 10.1. The van der Waals surface area contributed by atoms with Crippen molar-refractivity contribution in [3.8, 4) is 0 Å². The van der Waals surface area contributed by atoms with Crippen LogP contribution in [0.4, 0.5) is 11.6 Å². The lowest BCUT2D eigenvalue weighted by Crippen LogP contribution is -2.55. The highest BCUT2D eigenvalue weighted by atomic mass is 16.2. The highest BCUT2D eigenvalue weighted by Crippen LogP contribution is 2.64. The first kappa shape index (κ1) is 18.1. The van der Waals surface area contributed by atoms with E-state index >= 15 is 0 Å². The van der Waals surface area contributed by atoms with Crippen LogP contribution in [-0.4, -0.2) is 35.9 Å². The first-order valence-corrected chi connectivity index (χ1v) is 10.1. The van der Waals surface area contributed by atoms with Crippen LogP contribution in [0.3, 0.4) is 0 Å². The van der Waals surface area contributed by atoms with Gasteiger partial charge in [0.05, 0.1) is 11.4 Å². The van der Waals surface area contributed by atoms with Gasteiger partial charge in [-0.05, 0) is 42.9 Å². The molecule has 3 heterocycles. The molecular weight excluding hydrogens is 368 g/mol. The molecule has 29 heavy (non-hydrogen) atoms. The molecule has 4 N–H and O–H groups in total. The minimum Gasteiger partial charge on any atom is -0.383 e. The molecule has 1 amide bonds. The van der Waals surface area contributed by atoms with Crippen molar-refractivity contribution in [1.29, 1.82) is 0 Å². The Morgan fingerprint density at radius 3 is 2.79 bits per heavy atom. The number of aryl methyl sites for hydroxylation is 1. The lowest BCUT2D eigenvalue weighted by atomic mass is 9.45. The van der Waals surface area contributed by atoms with Crippen molar-refractivity contribution in [3.63, 3.8) is 0 Å². The maximum absolute atomic E-state index is 13.0. The van der Waals surface area contributed by atoms with Gasteiger partial charge in [0.1, 0.15) is 12.1 Å². The van der Waals surface area contributed by atoms with E-state index in [1.165, 1.54) is 12.7 Å². The molecule has 0 spiro atoms. The predicted octanol–water partition coefficient (Wildman–Crippen LogP) is 2.94. The summed E-state index contributed by atoms with van der Waals surface area (Å²) in [6.07, 6.45) is 3.74. The number of amides is 1. The Hall–Kier alpha value is -2.97. The van der Waals surface area contributed by atoms with E-state index in [0.717, 1.165) is 12.1 Å². The van der Waals surface area contributed by atoms with E-state index in [2.05, 4.69) is 46.3 Å². The van der Waals surface area contributed by atoms with Gasteiger partial charge in [-0.25, -0.2) is 14.6 Å². The van der Waals surface area contributed by atoms with Gasteiger partial charge in [-0.1, -0.05) is 20.8 Å². The molecule has 3 fully saturated rings. The molecule has 3 aliphatic rings. The molecule has 4 atom stereocenters. The predicted molar refractivity (Wildman–Crippen MR) is 109 cm³/mol. The van der Waals surface area contributed by atoms with Crippen LogP contribution in [0.1, 0.15) is 55.8 Å². The number of aromatic amines is 1. The summed E-state index contributed by atoms with van der Waals surface area (Å²) in [5.74, 6) is 2.10. The summed E-state index contributed by atoms with van der Waals surface area (Å²) in [7, 11) is 0. The Kier molecular flexibility index (Phi) is 3.75. The normalized spacial score (nSPS) is 27.6. The Bertz CT molecular complexity index is 1110. The van der Waals surface area contributed by atoms with Crippen molar-refractivity contribution in [2.75, 3.05) is 11.1 Å². The van der Waals surface area contributed by atoms with Crippen LogP contribution in [0.15, 0.2) is 12.4 Å². The molecule has 3 unspecified atom stereocenters. The first-order chi connectivity index (χ1) is 13.8. The van der Waals surface area contributed by atoms with Crippen LogP contribution in [0.25, 0.3) is 11.0 Å². The van der Waals surface area contributed by atoms with Gasteiger partial charge in [0.15, 0.2) is 17.2 Å². The van der Waals surface area contributed by atoms with Crippen LogP contribution < -0.4 is 11.1 Å². The molecule has 3 aromatic heterocycles. The molecule has 0 saturated heterocycles. The van der Waals surface area contributed by atoms with Gasteiger partial charge in [-0.15, -0.1) is 0 Å². The average molecular weight is 394 g/mol. The summed E-state index contributed by atoms with van der Waals surface area (Å²) in [4.78, 5) is 21.5. The zero-order valence-electron chi connectivity index (χ0n) is 17.1. The molecule has 2 bridgehead atoms. The number of H-pyrrole nitrogens is 1. The van der Waals surface area contributed by atoms with Crippen LogP contribution in [-0.2, 0) is 0 Å². The lowest BCUT2D eigenvalue weighted by molar-refractivity contribution is -0.125. The van der Waals surface area contributed by atoms with E-state index in [-0.39, 0.29) is 23.5 Å². The highest BCUT2D eigenvalue weighted by Gasteiger charge is 2.57. The third-order valence-electron chi connectivity index (χ3n) is 7.31. The maximum atomic E-state index is 13.0. The van der Waals surface area contributed by atoms with Crippen LogP contribution in [0.5, 0.6) is 0 Å². The average Bonchev–Trinajstić information content (AvgIpc) is 3.26. The maximum Gasteiger partial charge on any atom is 0.278 e. The van der Waals surface area contributed by atoms with E-state index in [1.54, 1.807) is 6.07 Å². The molecule has 0 aromatic carbocycles. The number of anilines is 2. The van der Waals surface area contributed by atoms with Crippen molar-refractivity contribution in [2.24, 2.45) is 23.2 Å². The fourth-order valence-electron chi connectivity index (χ4n) is 5.49. The quantitative estimate of drug-likeness (QED) is 0.627. The standard InChI is InChI=1S/C20H26N8O/c1-9-5-14(26-25-9)24-19(29)16-15-17(21)22-8-23-18(15)28(27-16)13-7-11-6-12(10(13)2)20(11,3)4/h5,8,10-13H,6-7H2,1-4H3,(H2,21,22,23)(H2,24,25,26,29)/t10-,11?,12?,13?/m0/s1. The van der Waals surface area contributed by atoms with Gasteiger partial charge in [0.25, 0.3) is 5.91 Å². The Morgan fingerprint density at radius 1 is 1.34 bits per heavy atom. The minimum atomic E-state index is -0.365. The van der Waals surface area contributed by atoms with Crippen LogP contribution in [0.2, 0.25) is 0 Å². The number of hydrogen-bond donors (Lipinski definition) is 3. The summed E-state index contributed by atoms with van der Waals surface area (Å²) >= 11 is 0. The number of nitrogens with one attached hydrogen (secondary N) is 2. The Balaban J connectivity index is 1.56. The summed E-state index contributed by atoms with van der Waals surface area (Å²) in [5.41, 5.74) is 8.23. The van der Waals surface area contributed by atoms with Gasteiger partial charge < -0.3 is 11.1 Å².